The van der Waals surface area contributed by atoms with Gasteiger partial charge in [-0.05, 0) is 0 Å². The van der Waals surface area contributed by atoms with Gasteiger partial charge in [-0.25, -0.2) is 0 Å². The Kier molecular flexibility index (Phi) is 1.79. The second kappa shape index (κ2) is 2.59. The van der Waals surface area contributed by atoms with Crippen molar-refractivity contribution in [3.05, 3.63) is 0 Å². The van der Waals surface area contributed by atoms with Gasteiger partial charge in [0.25, 0.3) is 0 Å². The van der Waals surface area contributed by atoms with Crippen molar-refractivity contribution in [2.24, 2.45) is 10.7 Å². The normalized spacial score (nSPS) is 17.4. The number of carbonyl (C=O) groups is 1. The highest BCUT2D eigenvalue weighted by atomic mass is 16.2. The van der Waals surface area contributed by atoms with Crippen LogP contribution < -0.4 is 5.73 Å². The molecule has 0 fully saturated rings. The lowest BCUT2D eigenvalue weighted by Gasteiger charge is -2.08. The summed E-state index contributed by atoms with van der Waals surface area (Å²) in [7, 11) is 0. The second-order valence-corrected chi connectivity index (χ2v) is 1.83. The molecule has 0 spiro atoms. The lowest BCUT2D eigenvalue weighted by atomic mass is 10.5. The van der Waals surface area contributed by atoms with Crippen molar-refractivity contribution in [1.29, 1.82) is 0 Å². The molecule has 1 amide bonds. The molecule has 0 saturated carbocycles. The van der Waals surface area contributed by atoms with Crippen LogP contribution in [0.2, 0.25) is 0 Å². The van der Waals surface area contributed by atoms with Crippen molar-refractivity contribution in [3.63, 3.8) is 0 Å². The van der Waals surface area contributed by atoms with Crippen molar-refractivity contribution in [3.8, 4) is 0 Å². The van der Waals surface area contributed by atoms with Crippen LogP contribution in [0.25, 0.3) is 0 Å². The Morgan fingerprint density at radius 1 is 1.89 bits per heavy atom. The van der Waals surface area contributed by atoms with Gasteiger partial charge in [0, 0.05) is 13.1 Å². The van der Waals surface area contributed by atoms with Crippen LogP contribution in [0.4, 0.5) is 0 Å². The number of nitrogens with zero attached hydrogens (tertiary/aromatic N) is 2. The summed E-state index contributed by atoms with van der Waals surface area (Å²) in [4.78, 5) is 16.0. The van der Waals surface area contributed by atoms with Crippen molar-refractivity contribution in [1.82, 2.24) is 4.90 Å². The summed E-state index contributed by atoms with van der Waals surface area (Å²) in [6.07, 6.45) is 1.54. The van der Waals surface area contributed by atoms with Gasteiger partial charge in [0.15, 0.2) is 0 Å². The van der Waals surface area contributed by atoms with Crippen LogP contribution >= 0.6 is 0 Å². The van der Waals surface area contributed by atoms with Gasteiger partial charge >= 0.3 is 0 Å². The van der Waals surface area contributed by atoms with Gasteiger partial charge in [-0.2, -0.15) is 0 Å². The van der Waals surface area contributed by atoms with Gasteiger partial charge in [-0.3, -0.25) is 9.79 Å². The Labute approximate surface area is 53.3 Å². The van der Waals surface area contributed by atoms with Crippen LogP contribution in [0.1, 0.15) is 0 Å². The third-order valence-corrected chi connectivity index (χ3v) is 1.14. The zero-order valence-corrected chi connectivity index (χ0v) is 5.08. The van der Waals surface area contributed by atoms with E-state index in [9.17, 15) is 4.79 Å². The molecule has 1 aliphatic rings. The molecule has 1 heterocycles. The van der Waals surface area contributed by atoms with Crippen LogP contribution in [0.3, 0.4) is 0 Å². The summed E-state index contributed by atoms with van der Waals surface area (Å²) in [5.41, 5.74) is 5.22. The highest BCUT2D eigenvalue weighted by Crippen LogP contribution is 1.92. The predicted molar refractivity (Wildman–Crippen MR) is 34.1 cm³/mol. The van der Waals surface area contributed by atoms with Crippen molar-refractivity contribution in [2.75, 3.05) is 19.6 Å². The number of hydrogen-bond acceptors (Lipinski definition) is 3. The first-order valence-corrected chi connectivity index (χ1v) is 2.84. The van der Waals surface area contributed by atoms with E-state index >= 15 is 0 Å². The summed E-state index contributed by atoms with van der Waals surface area (Å²) in [5, 5.41) is 0. The van der Waals surface area contributed by atoms with Gasteiger partial charge in [-0.1, -0.05) is 0 Å². The van der Waals surface area contributed by atoms with E-state index in [1.54, 1.807) is 0 Å². The molecule has 2 N–H and O–H groups in total. The Morgan fingerprint density at radius 3 is 3.11 bits per heavy atom. The lowest BCUT2D eigenvalue weighted by Crippen LogP contribution is -2.31. The monoisotopic (exact) mass is 127 g/mol. The molecule has 0 radical (unpaired) electrons. The molecule has 9 heavy (non-hydrogen) atoms. The topological polar surface area (TPSA) is 58.7 Å². The number of aliphatic imine (C=N–C) groups is 1. The van der Waals surface area contributed by atoms with Gasteiger partial charge in [0.1, 0.15) is 6.54 Å². The minimum absolute atomic E-state index is 0.0421. The first-order chi connectivity index (χ1) is 4.34. The van der Waals surface area contributed by atoms with E-state index in [-0.39, 0.29) is 5.91 Å². The van der Waals surface area contributed by atoms with Crippen LogP contribution in [0.5, 0.6) is 0 Å². The Morgan fingerprint density at radius 2 is 2.67 bits per heavy atom. The average Bonchev–Trinajstić information content (AvgIpc) is 2.18. The molecule has 4 nitrogen and oxygen atoms in total. The van der Waals surface area contributed by atoms with Gasteiger partial charge in [0.05, 0.1) is 6.34 Å². The van der Waals surface area contributed by atoms with E-state index in [2.05, 4.69) is 4.99 Å². The van der Waals surface area contributed by atoms with E-state index in [1.165, 1.54) is 11.2 Å². The fourth-order valence-electron chi connectivity index (χ4n) is 0.694. The first-order valence-electron chi connectivity index (χ1n) is 2.84. The Hall–Kier alpha value is -0.900. The zero-order valence-electron chi connectivity index (χ0n) is 5.08. The van der Waals surface area contributed by atoms with Crippen LogP contribution in [-0.4, -0.2) is 36.8 Å². The quantitative estimate of drug-likeness (QED) is 0.507. The number of amides is 1. The largest absolute Gasteiger partial charge is 0.329 e. The standard InChI is InChI=1S/C5H9N3O/c6-1-2-8-4-7-3-5(8)9/h4H,1-3,6H2. The van der Waals surface area contributed by atoms with Crippen molar-refractivity contribution in [2.45, 2.75) is 0 Å². The van der Waals surface area contributed by atoms with Crippen LogP contribution in [-0.2, 0) is 4.79 Å². The molecule has 0 aromatic rings. The van der Waals surface area contributed by atoms with E-state index in [0.29, 0.717) is 19.6 Å². The Balaban J connectivity index is 2.40. The van der Waals surface area contributed by atoms with Gasteiger partial charge < -0.3 is 10.6 Å². The fourth-order valence-corrected chi connectivity index (χ4v) is 0.694. The lowest BCUT2D eigenvalue weighted by molar-refractivity contribution is -0.124. The molecule has 0 bridgehead atoms. The number of nitrogens with two attached hydrogens (primary N) is 1. The third-order valence-electron chi connectivity index (χ3n) is 1.14. The summed E-state index contributed by atoms with van der Waals surface area (Å²) >= 11 is 0. The van der Waals surface area contributed by atoms with E-state index < -0.39 is 0 Å². The molecular weight excluding hydrogens is 118 g/mol. The van der Waals surface area contributed by atoms with Crippen molar-refractivity contribution >= 4 is 12.2 Å². The summed E-state index contributed by atoms with van der Waals surface area (Å²) in [5.74, 6) is 0.0421. The summed E-state index contributed by atoms with van der Waals surface area (Å²) in [6.45, 7) is 1.38. The zero-order chi connectivity index (χ0) is 6.69. The fraction of sp³-hybridized carbons (Fsp3) is 0.600. The van der Waals surface area contributed by atoms with Crippen molar-refractivity contribution < 1.29 is 4.79 Å². The van der Waals surface area contributed by atoms with E-state index in [1.807, 2.05) is 0 Å². The SMILES string of the molecule is NCCN1C=NCC1=O. The van der Waals surface area contributed by atoms with Gasteiger partial charge in [0.2, 0.25) is 5.91 Å². The molecule has 0 aromatic heterocycles. The maximum atomic E-state index is 10.7. The highest BCUT2D eigenvalue weighted by Gasteiger charge is 2.13. The molecule has 4 heteroatoms. The van der Waals surface area contributed by atoms with E-state index in [0.717, 1.165) is 0 Å². The van der Waals surface area contributed by atoms with Gasteiger partial charge in [-0.15, -0.1) is 0 Å². The Bertz CT molecular complexity index is 143. The molecular formula is C5H9N3O. The highest BCUT2D eigenvalue weighted by molar-refractivity contribution is 5.93. The number of rotatable bonds is 2. The molecule has 1 aliphatic heterocycles. The minimum Gasteiger partial charge on any atom is -0.329 e. The molecule has 0 aromatic carbocycles. The summed E-state index contributed by atoms with van der Waals surface area (Å²) < 4.78 is 0. The van der Waals surface area contributed by atoms with Crippen LogP contribution in [0.15, 0.2) is 4.99 Å². The van der Waals surface area contributed by atoms with E-state index in [4.69, 9.17) is 5.73 Å². The maximum absolute atomic E-state index is 10.7. The molecule has 0 unspecified atom stereocenters. The molecule has 0 aliphatic carbocycles. The summed E-state index contributed by atoms with van der Waals surface area (Å²) in [6, 6.07) is 0. The molecule has 0 atom stereocenters. The molecule has 1 rings (SSSR count). The maximum Gasteiger partial charge on any atom is 0.249 e. The molecule has 0 saturated heterocycles. The average molecular weight is 127 g/mol. The molecule has 50 valence electrons. The predicted octanol–water partition coefficient (Wildman–Crippen LogP) is -1.18. The first kappa shape index (κ1) is 6.22. The number of hydrogen-bond donors (Lipinski definition) is 1. The second-order valence-electron chi connectivity index (χ2n) is 1.83. The smallest absolute Gasteiger partial charge is 0.249 e. The van der Waals surface area contributed by atoms with Crippen LogP contribution in [0, 0.1) is 0 Å². The minimum atomic E-state index is 0.0421. The number of carbonyl (C=O) groups excluding carboxylic acids is 1. The third kappa shape index (κ3) is 1.26.